The molecule has 1 saturated heterocycles. The van der Waals surface area contributed by atoms with Crippen molar-refractivity contribution < 1.29 is 9.78 Å². The Balaban J connectivity index is 2.31. The van der Waals surface area contributed by atoms with Crippen molar-refractivity contribution in [2.75, 3.05) is 6.61 Å². The molecule has 9 heavy (non-hydrogen) atoms. The lowest BCUT2D eigenvalue weighted by Crippen LogP contribution is -2.19. The van der Waals surface area contributed by atoms with Crippen molar-refractivity contribution in [3.05, 3.63) is 11.1 Å². The molecule has 1 heterocycles. The van der Waals surface area contributed by atoms with Crippen LogP contribution in [0.2, 0.25) is 0 Å². The van der Waals surface area contributed by atoms with E-state index in [2.05, 4.69) is 22.5 Å². The van der Waals surface area contributed by atoms with Crippen molar-refractivity contribution >= 4 is 15.9 Å². The summed E-state index contributed by atoms with van der Waals surface area (Å²) in [4.78, 5) is 9.65. The van der Waals surface area contributed by atoms with Gasteiger partial charge in [-0.15, -0.1) is 0 Å². The van der Waals surface area contributed by atoms with Gasteiger partial charge in [0.25, 0.3) is 0 Å². The fourth-order valence-electron chi connectivity index (χ4n) is 0.715. The first-order chi connectivity index (χ1) is 4.30. The molecular weight excluding hydrogens is 184 g/mol. The molecule has 1 aliphatic heterocycles. The van der Waals surface area contributed by atoms with E-state index in [1.54, 1.807) is 0 Å². The summed E-state index contributed by atoms with van der Waals surface area (Å²) < 4.78 is 0.863. The van der Waals surface area contributed by atoms with Crippen molar-refractivity contribution in [3.8, 4) is 0 Å². The first kappa shape index (κ1) is 7.25. The summed E-state index contributed by atoms with van der Waals surface area (Å²) in [6, 6.07) is 0. The van der Waals surface area contributed by atoms with Crippen molar-refractivity contribution in [1.82, 2.24) is 0 Å². The maximum absolute atomic E-state index is 4.89. The Morgan fingerprint density at radius 1 is 1.67 bits per heavy atom. The summed E-state index contributed by atoms with van der Waals surface area (Å²) in [6.07, 6.45) is 2.11. The summed E-state index contributed by atoms with van der Waals surface area (Å²) in [5.74, 6) is 0. The van der Waals surface area contributed by atoms with E-state index in [4.69, 9.17) is 9.78 Å². The van der Waals surface area contributed by atoms with Crippen LogP contribution in [-0.2, 0) is 9.78 Å². The van der Waals surface area contributed by atoms with E-state index in [1.807, 2.05) is 0 Å². The lowest BCUT2D eigenvalue weighted by molar-refractivity contribution is -0.334. The second-order valence-corrected chi connectivity index (χ2v) is 3.01. The van der Waals surface area contributed by atoms with E-state index < -0.39 is 0 Å². The van der Waals surface area contributed by atoms with Crippen LogP contribution >= 0.6 is 15.9 Å². The zero-order chi connectivity index (χ0) is 6.69. The highest BCUT2D eigenvalue weighted by Crippen LogP contribution is 2.20. The minimum absolute atomic E-state index is 0.0544. The number of hydrogen-bond acceptors (Lipinski definition) is 2. The summed E-state index contributed by atoms with van der Waals surface area (Å²) in [6.45, 7) is 4.40. The van der Waals surface area contributed by atoms with Gasteiger partial charge in [-0.1, -0.05) is 22.5 Å². The van der Waals surface area contributed by atoms with E-state index in [9.17, 15) is 0 Å². The zero-order valence-corrected chi connectivity index (χ0v) is 6.69. The van der Waals surface area contributed by atoms with Gasteiger partial charge in [0, 0.05) is 4.48 Å². The fraction of sp³-hybridized carbons (Fsp3) is 0.667. The number of rotatable bonds is 1. The van der Waals surface area contributed by atoms with Crippen molar-refractivity contribution in [2.45, 2.75) is 18.9 Å². The lowest BCUT2D eigenvalue weighted by Gasteiger charge is -2.19. The van der Waals surface area contributed by atoms with Gasteiger partial charge in [-0.2, -0.15) is 0 Å². The molecule has 1 unspecified atom stereocenters. The molecule has 0 bridgehead atoms. The fourth-order valence-corrected chi connectivity index (χ4v) is 1.02. The standard InChI is InChI=1S/C6H9BrO2/c1-5(7)6-3-2-4-8-9-6/h6H,1-4H2. The molecule has 0 aromatic carbocycles. The van der Waals surface area contributed by atoms with Gasteiger partial charge in [-0.25, -0.2) is 9.78 Å². The molecule has 52 valence electrons. The van der Waals surface area contributed by atoms with Crippen molar-refractivity contribution in [2.24, 2.45) is 0 Å². The predicted octanol–water partition coefficient (Wildman–Crippen LogP) is 2.01. The third-order valence-corrected chi connectivity index (χ3v) is 1.74. The Hall–Kier alpha value is 0.140. The molecule has 1 fully saturated rings. The summed E-state index contributed by atoms with van der Waals surface area (Å²) in [5, 5.41) is 0. The van der Waals surface area contributed by atoms with Crippen LogP contribution in [0.25, 0.3) is 0 Å². The first-order valence-corrected chi connectivity index (χ1v) is 3.72. The van der Waals surface area contributed by atoms with Gasteiger partial charge in [-0.3, -0.25) is 0 Å². The Morgan fingerprint density at radius 2 is 2.44 bits per heavy atom. The molecule has 0 aliphatic carbocycles. The van der Waals surface area contributed by atoms with Crippen LogP contribution < -0.4 is 0 Å². The summed E-state index contributed by atoms with van der Waals surface area (Å²) >= 11 is 3.24. The van der Waals surface area contributed by atoms with E-state index in [1.165, 1.54) is 0 Å². The second kappa shape index (κ2) is 3.34. The smallest absolute Gasteiger partial charge is 0.124 e. The van der Waals surface area contributed by atoms with Gasteiger partial charge in [0.1, 0.15) is 6.10 Å². The average Bonchev–Trinajstić information content (AvgIpc) is 1.90. The Labute approximate surface area is 62.9 Å². The number of halogens is 1. The molecule has 0 radical (unpaired) electrons. The van der Waals surface area contributed by atoms with Gasteiger partial charge < -0.3 is 0 Å². The molecule has 0 N–H and O–H groups in total. The number of hydrogen-bond donors (Lipinski definition) is 0. The van der Waals surface area contributed by atoms with E-state index in [0.29, 0.717) is 6.61 Å². The monoisotopic (exact) mass is 192 g/mol. The third-order valence-electron chi connectivity index (χ3n) is 1.23. The molecule has 1 rings (SSSR count). The van der Waals surface area contributed by atoms with Gasteiger partial charge in [-0.05, 0) is 12.8 Å². The van der Waals surface area contributed by atoms with Crippen LogP contribution in [0.3, 0.4) is 0 Å². The van der Waals surface area contributed by atoms with E-state index in [0.717, 1.165) is 17.3 Å². The van der Waals surface area contributed by atoms with Gasteiger partial charge in [0.15, 0.2) is 0 Å². The molecular formula is C6H9BrO2. The summed E-state index contributed by atoms with van der Waals surface area (Å²) in [7, 11) is 0. The van der Waals surface area contributed by atoms with Crippen molar-refractivity contribution in [3.63, 3.8) is 0 Å². The van der Waals surface area contributed by atoms with Crippen LogP contribution in [0.15, 0.2) is 11.1 Å². The Morgan fingerprint density at radius 3 is 2.78 bits per heavy atom. The molecule has 0 spiro atoms. The molecule has 1 atom stereocenters. The molecule has 3 heteroatoms. The molecule has 0 saturated carbocycles. The minimum atomic E-state index is 0.0544. The maximum atomic E-state index is 4.89. The van der Waals surface area contributed by atoms with E-state index in [-0.39, 0.29) is 6.10 Å². The molecule has 1 aliphatic rings. The van der Waals surface area contributed by atoms with Gasteiger partial charge >= 0.3 is 0 Å². The SMILES string of the molecule is C=C(Br)C1CCCOO1. The third kappa shape index (κ3) is 2.08. The molecule has 2 nitrogen and oxygen atoms in total. The zero-order valence-electron chi connectivity index (χ0n) is 5.10. The lowest BCUT2D eigenvalue weighted by atomic mass is 10.2. The highest BCUT2D eigenvalue weighted by molar-refractivity contribution is 9.11. The molecule has 0 aromatic rings. The topological polar surface area (TPSA) is 18.5 Å². The van der Waals surface area contributed by atoms with Gasteiger partial charge in [0.05, 0.1) is 6.61 Å². The first-order valence-electron chi connectivity index (χ1n) is 2.93. The Kier molecular flexibility index (Phi) is 2.69. The van der Waals surface area contributed by atoms with Crippen LogP contribution in [0.1, 0.15) is 12.8 Å². The van der Waals surface area contributed by atoms with Crippen LogP contribution in [0, 0.1) is 0 Å². The highest BCUT2D eigenvalue weighted by atomic mass is 79.9. The summed E-state index contributed by atoms with van der Waals surface area (Å²) in [5.41, 5.74) is 0. The average molecular weight is 193 g/mol. The molecule has 0 aromatic heterocycles. The van der Waals surface area contributed by atoms with Crippen LogP contribution in [0.5, 0.6) is 0 Å². The van der Waals surface area contributed by atoms with Crippen LogP contribution in [0.4, 0.5) is 0 Å². The van der Waals surface area contributed by atoms with E-state index >= 15 is 0 Å². The molecule has 0 amide bonds. The normalized spacial score (nSPS) is 27.9. The minimum Gasteiger partial charge on any atom is -0.236 e. The van der Waals surface area contributed by atoms with Gasteiger partial charge in [0.2, 0.25) is 0 Å². The largest absolute Gasteiger partial charge is 0.236 e. The predicted molar refractivity (Wildman–Crippen MR) is 38.1 cm³/mol. The van der Waals surface area contributed by atoms with Crippen molar-refractivity contribution in [1.29, 1.82) is 0 Å². The highest BCUT2D eigenvalue weighted by Gasteiger charge is 2.15. The second-order valence-electron chi connectivity index (χ2n) is 2.00. The van der Waals surface area contributed by atoms with Crippen LogP contribution in [-0.4, -0.2) is 12.7 Å². The Bertz CT molecular complexity index is 108. The quantitative estimate of drug-likeness (QED) is 0.593. The maximum Gasteiger partial charge on any atom is 0.124 e.